The first kappa shape index (κ1) is 10.5. The second kappa shape index (κ2) is 4.57. The molecule has 0 radical (unpaired) electrons. The van der Waals surface area contributed by atoms with Gasteiger partial charge in [0.25, 0.3) is 0 Å². The molecule has 0 bridgehead atoms. The Balaban J connectivity index is 2.76. The molecule has 1 rings (SSSR count). The molecule has 14 heavy (non-hydrogen) atoms. The summed E-state index contributed by atoms with van der Waals surface area (Å²) in [4.78, 5) is 17.6. The summed E-state index contributed by atoms with van der Waals surface area (Å²) < 4.78 is 0. The minimum absolute atomic E-state index is 0.0674. The molecule has 0 spiro atoms. The highest BCUT2D eigenvalue weighted by molar-refractivity contribution is 6.28. The van der Waals surface area contributed by atoms with Crippen molar-refractivity contribution in [3.05, 3.63) is 23.1 Å². The number of carboxylic acids is 1. The molecule has 0 saturated carbocycles. The molecule has 0 atom stereocenters. The van der Waals surface area contributed by atoms with Crippen molar-refractivity contribution in [3.63, 3.8) is 0 Å². The summed E-state index contributed by atoms with van der Waals surface area (Å²) in [6.45, 7) is 0. The van der Waals surface area contributed by atoms with Gasteiger partial charge < -0.3 is 10.8 Å². The predicted octanol–water partition coefficient (Wildman–Crippen LogP) is 1.20. The van der Waals surface area contributed by atoms with Gasteiger partial charge in [0, 0.05) is 11.8 Å². The van der Waals surface area contributed by atoms with E-state index < -0.39 is 5.97 Å². The lowest BCUT2D eigenvalue weighted by atomic mass is 10.2. The second-order valence-corrected chi connectivity index (χ2v) is 2.82. The fourth-order valence-corrected chi connectivity index (χ4v) is 0.937. The van der Waals surface area contributed by atoms with Crippen LogP contribution in [0.2, 0.25) is 5.28 Å². The summed E-state index contributed by atoms with van der Waals surface area (Å²) in [6.07, 6.45) is 4.37. The number of aliphatic carboxylic acids is 1. The van der Waals surface area contributed by atoms with Crippen LogP contribution in [-0.2, 0) is 4.79 Å². The first-order valence-corrected chi connectivity index (χ1v) is 4.13. The van der Waals surface area contributed by atoms with Crippen LogP contribution in [0.4, 0.5) is 5.82 Å². The number of carboxylic acid groups (broad SMARTS) is 1. The third kappa shape index (κ3) is 3.02. The second-order valence-electron chi connectivity index (χ2n) is 2.48. The van der Waals surface area contributed by atoms with E-state index in [9.17, 15) is 4.79 Å². The van der Waals surface area contributed by atoms with Crippen LogP contribution in [0.1, 0.15) is 12.0 Å². The van der Waals surface area contributed by atoms with E-state index in [2.05, 4.69) is 9.97 Å². The minimum Gasteiger partial charge on any atom is -0.481 e. The van der Waals surface area contributed by atoms with E-state index in [1.807, 2.05) is 0 Å². The molecule has 0 unspecified atom stereocenters. The van der Waals surface area contributed by atoms with Gasteiger partial charge in [0.05, 0.1) is 6.42 Å². The number of nitrogens with zero attached hydrogens (tertiary/aromatic N) is 2. The van der Waals surface area contributed by atoms with Crippen molar-refractivity contribution < 1.29 is 9.90 Å². The molecule has 5 nitrogen and oxygen atoms in total. The van der Waals surface area contributed by atoms with E-state index >= 15 is 0 Å². The Morgan fingerprint density at radius 1 is 1.71 bits per heavy atom. The first-order valence-electron chi connectivity index (χ1n) is 3.76. The van der Waals surface area contributed by atoms with Gasteiger partial charge in [-0.05, 0) is 11.6 Å². The average Bonchev–Trinajstić information content (AvgIpc) is 2.08. The molecule has 6 heteroatoms. The molecule has 0 fully saturated rings. The Bertz CT molecular complexity index is 379. The van der Waals surface area contributed by atoms with Crippen LogP contribution in [0.15, 0.2) is 12.3 Å². The molecule has 0 saturated heterocycles. The van der Waals surface area contributed by atoms with E-state index in [0.717, 1.165) is 0 Å². The SMILES string of the molecule is Nc1nc(Cl)ncc1C=CCC(=O)O. The van der Waals surface area contributed by atoms with Crippen LogP contribution >= 0.6 is 11.6 Å². The summed E-state index contributed by atoms with van der Waals surface area (Å²) in [5.74, 6) is -0.679. The number of nitrogens with two attached hydrogens (primary N) is 1. The van der Waals surface area contributed by atoms with Gasteiger partial charge >= 0.3 is 5.97 Å². The normalized spacial score (nSPS) is 10.6. The molecule has 0 aliphatic carbocycles. The molecule has 3 N–H and O–H groups in total. The van der Waals surface area contributed by atoms with E-state index in [1.165, 1.54) is 12.3 Å². The van der Waals surface area contributed by atoms with Crippen molar-refractivity contribution in [3.8, 4) is 0 Å². The number of hydrogen-bond acceptors (Lipinski definition) is 4. The minimum atomic E-state index is -0.908. The molecule has 0 aliphatic heterocycles. The summed E-state index contributed by atoms with van der Waals surface area (Å²) in [6, 6.07) is 0. The number of aromatic nitrogens is 2. The van der Waals surface area contributed by atoms with Crippen molar-refractivity contribution in [2.45, 2.75) is 6.42 Å². The Labute approximate surface area is 85.2 Å². The van der Waals surface area contributed by atoms with Crippen LogP contribution in [-0.4, -0.2) is 21.0 Å². The summed E-state index contributed by atoms with van der Waals surface area (Å²) >= 11 is 5.48. The fourth-order valence-electron chi connectivity index (χ4n) is 0.797. The lowest BCUT2D eigenvalue weighted by molar-refractivity contribution is -0.135. The topological polar surface area (TPSA) is 89.1 Å². The van der Waals surface area contributed by atoms with E-state index in [0.29, 0.717) is 5.56 Å². The van der Waals surface area contributed by atoms with Gasteiger partial charge in [-0.3, -0.25) is 4.79 Å². The summed E-state index contributed by atoms with van der Waals surface area (Å²) in [5.41, 5.74) is 6.06. The fraction of sp³-hybridized carbons (Fsp3) is 0.125. The smallest absolute Gasteiger partial charge is 0.307 e. The highest BCUT2D eigenvalue weighted by Crippen LogP contribution is 2.11. The Kier molecular flexibility index (Phi) is 3.41. The first-order chi connectivity index (χ1) is 6.59. The van der Waals surface area contributed by atoms with Crippen LogP contribution < -0.4 is 5.73 Å². The number of nitrogen functional groups attached to an aromatic ring is 1. The maximum absolute atomic E-state index is 10.2. The largest absolute Gasteiger partial charge is 0.481 e. The van der Waals surface area contributed by atoms with E-state index in [-0.39, 0.29) is 17.5 Å². The highest BCUT2D eigenvalue weighted by atomic mass is 35.5. The third-order valence-electron chi connectivity index (χ3n) is 1.41. The lowest BCUT2D eigenvalue weighted by Gasteiger charge is -1.97. The molecular weight excluding hydrogens is 206 g/mol. The number of hydrogen-bond donors (Lipinski definition) is 2. The monoisotopic (exact) mass is 213 g/mol. The molecular formula is C8H8ClN3O2. The number of carbonyl (C=O) groups is 1. The van der Waals surface area contributed by atoms with Gasteiger partial charge in [0.15, 0.2) is 0 Å². The van der Waals surface area contributed by atoms with Crippen molar-refractivity contribution in [2.75, 3.05) is 5.73 Å². The molecule has 1 heterocycles. The van der Waals surface area contributed by atoms with Gasteiger partial charge in [0.2, 0.25) is 5.28 Å². The predicted molar refractivity (Wildman–Crippen MR) is 52.7 cm³/mol. The molecule has 0 aromatic carbocycles. The Morgan fingerprint density at radius 3 is 3.00 bits per heavy atom. The zero-order chi connectivity index (χ0) is 10.6. The van der Waals surface area contributed by atoms with Crippen molar-refractivity contribution in [2.24, 2.45) is 0 Å². The van der Waals surface area contributed by atoms with Crippen LogP contribution in [0.5, 0.6) is 0 Å². The van der Waals surface area contributed by atoms with Crippen LogP contribution in [0.3, 0.4) is 0 Å². The summed E-state index contributed by atoms with van der Waals surface area (Å²) in [7, 11) is 0. The number of rotatable bonds is 3. The maximum atomic E-state index is 10.2. The standard InChI is InChI=1S/C8H8ClN3O2/c9-8-11-4-5(7(10)12-8)2-1-3-6(13)14/h1-2,4H,3H2,(H,13,14)(H2,10,11,12). The van der Waals surface area contributed by atoms with Crippen LogP contribution in [0, 0.1) is 0 Å². The highest BCUT2D eigenvalue weighted by Gasteiger charge is 1.99. The molecule has 0 amide bonds. The zero-order valence-corrected chi connectivity index (χ0v) is 7.90. The molecule has 1 aromatic rings. The number of halogens is 1. The van der Waals surface area contributed by atoms with Gasteiger partial charge in [0.1, 0.15) is 5.82 Å². The van der Waals surface area contributed by atoms with Crippen LogP contribution in [0.25, 0.3) is 6.08 Å². The quantitative estimate of drug-likeness (QED) is 0.737. The van der Waals surface area contributed by atoms with Gasteiger partial charge in [-0.15, -0.1) is 0 Å². The van der Waals surface area contributed by atoms with Gasteiger partial charge in [-0.25, -0.2) is 9.97 Å². The Hall–Kier alpha value is -1.62. The zero-order valence-electron chi connectivity index (χ0n) is 7.14. The lowest BCUT2D eigenvalue weighted by Crippen LogP contribution is -1.96. The molecule has 0 aliphatic rings. The molecule has 74 valence electrons. The summed E-state index contributed by atoms with van der Waals surface area (Å²) in [5, 5.41) is 8.44. The van der Waals surface area contributed by atoms with Gasteiger partial charge in [-0.2, -0.15) is 0 Å². The number of anilines is 1. The van der Waals surface area contributed by atoms with Gasteiger partial charge in [-0.1, -0.05) is 12.2 Å². The average molecular weight is 214 g/mol. The van der Waals surface area contributed by atoms with E-state index in [1.54, 1.807) is 6.08 Å². The van der Waals surface area contributed by atoms with Crippen molar-refractivity contribution in [1.29, 1.82) is 0 Å². The third-order valence-corrected chi connectivity index (χ3v) is 1.59. The van der Waals surface area contributed by atoms with Crippen molar-refractivity contribution >= 4 is 29.5 Å². The van der Waals surface area contributed by atoms with E-state index in [4.69, 9.17) is 22.4 Å². The maximum Gasteiger partial charge on any atom is 0.307 e. The van der Waals surface area contributed by atoms with Crippen molar-refractivity contribution in [1.82, 2.24) is 9.97 Å². The Morgan fingerprint density at radius 2 is 2.43 bits per heavy atom. The molecule has 1 aromatic heterocycles.